The molecule has 0 spiro atoms. The molecule has 0 aliphatic carbocycles. The number of hydrogen-bond acceptors (Lipinski definition) is 5. The number of hydrogen-bond donors (Lipinski definition) is 1. The Morgan fingerprint density at radius 1 is 0.486 bits per heavy atom. The van der Waals surface area contributed by atoms with Gasteiger partial charge in [-0.1, -0.05) is 154 Å². The maximum absolute atomic E-state index is 4.33. The van der Waals surface area contributed by atoms with Crippen LogP contribution in [-0.2, 0) is 7.05 Å². The molecule has 1 aliphatic rings. The maximum atomic E-state index is 4.33. The van der Waals surface area contributed by atoms with Crippen molar-refractivity contribution in [1.82, 2.24) is 29.8 Å². The minimum atomic E-state index is 0. The number of aromatic amines is 1. The maximum Gasteiger partial charge on any atom is 0.168 e. The fourth-order valence-electron chi connectivity index (χ4n) is 6.31. The molecule has 0 bridgehead atoms. The number of pyridine rings is 2. The zero-order valence-electron chi connectivity index (χ0n) is 40.8. The highest BCUT2D eigenvalue weighted by Crippen LogP contribution is 2.14. The average Bonchev–Trinajstić information content (AvgIpc) is 3.61. The number of aromatic nitrogens is 6. The predicted octanol–water partition coefficient (Wildman–Crippen LogP) is 17.4. The number of nitrogens with zero attached hydrogens (tertiary/aromatic N) is 6. The molecule has 4 aromatic heterocycles. The SMILES string of the molecule is C.C.C.C.C.C.C.CC1CCN(C)CC1.Cc1cc[n+](C)cc1.Cc1ccc(C)cc1.Cc1ccc2cnc(C)nc2c1.Cc1ccc2nc(C)[nH]c2c1.Cc1cccc(C)c1.Cc1cccc(C)n1. The number of likely N-dealkylation sites (tertiary alicyclic amines) is 1. The number of aryl methyl sites for hydroxylation is 12. The van der Waals surface area contributed by atoms with Crippen LogP contribution in [0.2, 0.25) is 0 Å². The van der Waals surface area contributed by atoms with E-state index in [4.69, 9.17) is 0 Å². The smallest absolute Gasteiger partial charge is 0.168 e. The highest BCUT2D eigenvalue weighted by Gasteiger charge is 2.10. The lowest BCUT2D eigenvalue weighted by molar-refractivity contribution is -0.671. The van der Waals surface area contributed by atoms with E-state index in [1.165, 1.54) is 64.9 Å². The van der Waals surface area contributed by atoms with Crippen LogP contribution in [0, 0.1) is 82.1 Å². The minimum absolute atomic E-state index is 0. The Morgan fingerprint density at radius 3 is 1.37 bits per heavy atom. The van der Waals surface area contributed by atoms with Crippen molar-refractivity contribution in [3.8, 4) is 0 Å². The largest absolute Gasteiger partial charge is 0.342 e. The summed E-state index contributed by atoms with van der Waals surface area (Å²) in [7, 11) is 4.21. The van der Waals surface area contributed by atoms with Gasteiger partial charge in [0.1, 0.15) is 18.7 Å². The van der Waals surface area contributed by atoms with Gasteiger partial charge >= 0.3 is 0 Å². The van der Waals surface area contributed by atoms with E-state index in [1.54, 1.807) is 0 Å². The molecule has 1 N–H and O–H groups in total. The van der Waals surface area contributed by atoms with Gasteiger partial charge in [0.15, 0.2) is 12.4 Å². The van der Waals surface area contributed by atoms with E-state index in [-0.39, 0.29) is 52.0 Å². The van der Waals surface area contributed by atoms with Crippen LogP contribution < -0.4 is 4.57 Å². The molecule has 1 saturated heterocycles. The number of imidazole rings is 1. The molecule has 0 amide bonds. The van der Waals surface area contributed by atoms with Gasteiger partial charge in [0.05, 0.1) is 16.6 Å². The van der Waals surface area contributed by atoms with E-state index in [0.29, 0.717) is 0 Å². The van der Waals surface area contributed by atoms with Crippen LogP contribution in [-0.4, -0.2) is 50.0 Å². The molecule has 388 valence electrons. The van der Waals surface area contributed by atoms with E-state index in [1.807, 2.05) is 88.2 Å². The molecule has 1 aliphatic heterocycles. The van der Waals surface area contributed by atoms with E-state index in [2.05, 4.69) is 177 Å². The van der Waals surface area contributed by atoms with Crippen molar-refractivity contribution >= 4 is 21.9 Å². The topological polar surface area (TPSA) is 74.5 Å². The molecular formula is C63H102N7+. The lowest BCUT2D eigenvalue weighted by Crippen LogP contribution is -2.28. The van der Waals surface area contributed by atoms with Crippen LogP contribution in [0.3, 0.4) is 0 Å². The molecule has 9 rings (SSSR count). The molecule has 8 aromatic rings. The minimum Gasteiger partial charge on any atom is -0.342 e. The Kier molecular flexibility index (Phi) is 40.4. The van der Waals surface area contributed by atoms with Gasteiger partial charge < -0.3 is 9.88 Å². The van der Waals surface area contributed by atoms with Gasteiger partial charge in [-0.15, -0.1) is 0 Å². The molecule has 7 heteroatoms. The third-order valence-electron chi connectivity index (χ3n) is 10.2. The molecule has 4 aromatic carbocycles. The molecule has 0 saturated carbocycles. The van der Waals surface area contributed by atoms with Gasteiger partial charge in [0.2, 0.25) is 0 Å². The fraction of sp³-hybridized carbons (Fsp3) is 0.413. The zero-order chi connectivity index (χ0) is 46.3. The molecule has 1 fully saturated rings. The van der Waals surface area contributed by atoms with Crippen LogP contribution in [0.4, 0.5) is 0 Å². The Morgan fingerprint density at radius 2 is 0.929 bits per heavy atom. The van der Waals surface area contributed by atoms with Crippen LogP contribution in [0.25, 0.3) is 21.9 Å². The third kappa shape index (κ3) is 30.4. The van der Waals surface area contributed by atoms with Crippen LogP contribution in [0.1, 0.15) is 134 Å². The van der Waals surface area contributed by atoms with Crippen molar-refractivity contribution < 1.29 is 4.57 Å². The number of rotatable bonds is 0. The summed E-state index contributed by atoms with van der Waals surface area (Å²) in [6, 6.07) is 39.5. The Balaban J connectivity index is -0.000000232. The Hall–Kier alpha value is -6.05. The van der Waals surface area contributed by atoms with Crippen molar-refractivity contribution in [1.29, 1.82) is 0 Å². The summed E-state index contributed by atoms with van der Waals surface area (Å²) in [4.78, 5) is 22.5. The van der Waals surface area contributed by atoms with Crippen molar-refractivity contribution in [2.24, 2.45) is 13.0 Å². The summed E-state index contributed by atoms with van der Waals surface area (Å²) in [6.07, 6.45) is 8.73. The lowest BCUT2D eigenvalue weighted by Gasteiger charge is -2.26. The van der Waals surface area contributed by atoms with E-state index >= 15 is 0 Å². The molecular weight excluding hydrogens is 855 g/mol. The van der Waals surface area contributed by atoms with Crippen LogP contribution in [0.15, 0.2) is 134 Å². The molecule has 7 nitrogen and oxygen atoms in total. The van der Waals surface area contributed by atoms with E-state index in [9.17, 15) is 0 Å². The lowest BCUT2D eigenvalue weighted by atomic mass is 10.00. The standard InChI is InChI=1S/C10H10N2.C9H10N2.2C8H10.C7H15N.C7H10N.C7H9N.7CH4/c1-7-3-4-9-6-11-8(2)12-10(9)5-7;1-6-3-4-8-9(5-6)11-7(2)10-8;1-7-3-5-8(2)6-4-7;1-7-4-3-5-8(2)6-7;2*1-7-3-5-8(2)6-4-7;1-6-4-3-5-7(2)8-6;;;;;;;/h3-6H,1-2H3;3-5H,1-2H3,(H,10,11);2*3-6H,1-2H3;7H,3-6H2,1-2H3;3-6H,1-2H3;3-5H,1-2H3;7*1H4/q;;;;;+1;;;;;;;;. The van der Waals surface area contributed by atoms with E-state index < -0.39 is 0 Å². The van der Waals surface area contributed by atoms with Crippen molar-refractivity contribution in [3.63, 3.8) is 0 Å². The van der Waals surface area contributed by atoms with Crippen LogP contribution in [0.5, 0.6) is 0 Å². The number of benzene rings is 4. The van der Waals surface area contributed by atoms with Gasteiger partial charge in [-0.2, -0.15) is 0 Å². The fourth-order valence-corrected chi connectivity index (χ4v) is 6.31. The molecule has 0 atom stereocenters. The average molecular weight is 958 g/mol. The van der Waals surface area contributed by atoms with Gasteiger partial charge in [-0.05, 0) is 162 Å². The van der Waals surface area contributed by atoms with Crippen molar-refractivity contribution in [2.75, 3.05) is 20.1 Å². The zero-order valence-corrected chi connectivity index (χ0v) is 40.8. The second-order valence-electron chi connectivity index (χ2n) is 17.1. The van der Waals surface area contributed by atoms with Gasteiger partial charge in [-0.3, -0.25) is 4.98 Å². The number of nitrogens with one attached hydrogen (secondary N) is 1. The van der Waals surface area contributed by atoms with Crippen LogP contribution >= 0.6 is 0 Å². The first kappa shape index (κ1) is 72.9. The summed E-state index contributed by atoms with van der Waals surface area (Å²) < 4.78 is 2.02. The van der Waals surface area contributed by atoms with Gasteiger partial charge in [0, 0.05) is 35.1 Å². The Bertz CT molecular complexity index is 2300. The highest BCUT2D eigenvalue weighted by molar-refractivity contribution is 5.78. The summed E-state index contributed by atoms with van der Waals surface area (Å²) in [5, 5.41) is 1.10. The third-order valence-corrected chi connectivity index (χ3v) is 10.2. The second kappa shape index (κ2) is 38.8. The molecule has 5 heterocycles. The molecule has 70 heavy (non-hydrogen) atoms. The monoisotopic (exact) mass is 957 g/mol. The summed E-state index contributed by atoms with van der Waals surface area (Å²) in [6.45, 7) is 27.4. The van der Waals surface area contributed by atoms with E-state index in [0.717, 1.165) is 50.9 Å². The molecule has 0 unspecified atom stereocenters. The summed E-state index contributed by atoms with van der Waals surface area (Å²) in [5.41, 5.74) is 14.5. The number of fused-ring (bicyclic) bond motifs is 2. The normalized spacial score (nSPS) is 10.7. The second-order valence-corrected chi connectivity index (χ2v) is 17.1. The Labute approximate surface area is 431 Å². The predicted molar refractivity (Wildman–Crippen MR) is 315 cm³/mol. The first-order valence-corrected chi connectivity index (χ1v) is 22.2. The number of piperidine rings is 1. The molecule has 0 radical (unpaired) electrons. The van der Waals surface area contributed by atoms with Gasteiger partial charge in [0.25, 0.3) is 0 Å². The first-order valence-electron chi connectivity index (χ1n) is 22.2. The van der Waals surface area contributed by atoms with Gasteiger partial charge in [-0.25, -0.2) is 19.5 Å². The quantitative estimate of drug-likeness (QED) is 0.153. The summed E-state index contributed by atoms with van der Waals surface area (Å²) >= 11 is 0. The number of H-pyrrole nitrogens is 1. The van der Waals surface area contributed by atoms with Crippen molar-refractivity contribution in [3.05, 3.63) is 196 Å². The first-order chi connectivity index (χ1) is 29.9. The van der Waals surface area contributed by atoms with Crippen molar-refractivity contribution in [2.45, 2.75) is 148 Å². The highest BCUT2D eigenvalue weighted by atomic mass is 15.1. The summed E-state index contributed by atoms with van der Waals surface area (Å²) in [5.74, 6) is 2.78.